The summed E-state index contributed by atoms with van der Waals surface area (Å²) in [6.07, 6.45) is 0.666. The predicted octanol–water partition coefficient (Wildman–Crippen LogP) is 4.59. The first-order valence-corrected chi connectivity index (χ1v) is 9.85. The molecule has 2 aliphatic heterocycles. The molecule has 0 radical (unpaired) electrons. The van der Waals surface area contributed by atoms with Crippen molar-refractivity contribution in [3.8, 4) is 11.1 Å². The van der Waals surface area contributed by atoms with Crippen LogP contribution in [0.1, 0.15) is 36.8 Å². The highest BCUT2D eigenvalue weighted by atomic mass is 35.5. The molecular formula is C21H22Cl2O3. The lowest BCUT2D eigenvalue weighted by Crippen LogP contribution is -2.48. The van der Waals surface area contributed by atoms with E-state index in [0.29, 0.717) is 10.0 Å². The smallest absolute Gasteiger partial charge is 0.0896 e. The summed E-state index contributed by atoms with van der Waals surface area (Å²) in [5.41, 5.74) is 4.09. The normalized spacial score (nSPS) is 30.6. The van der Waals surface area contributed by atoms with Crippen LogP contribution in [0.4, 0.5) is 0 Å². The minimum Gasteiger partial charge on any atom is -0.390 e. The standard InChI is InChI=1S/C21H22Cl2O3/c1-2-11-3-4-12(13-5-6-15(22)16(23)10-13)9-14(11)19-20(24)17-7-8-18(26-17)21(19)25/h3-6,9-10,17-21,24-25H,2,7-8H2,1H3. The summed E-state index contributed by atoms with van der Waals surface area (Å²) in [5, 5.41) is 22.7. The molecule has 2 fully saturated rings. The second kappa shape index (κ2) is 7.14. The van der Waals surface area contributed by atoms with E-state index in [2.05, 4.69) is 25.1 Å². The molecule has 26 heavy (non-hydrogen) atoms. The second-order valence-corrected chi connectivity index (χ2v) is 8.01. The highest BCUT2D eigenvalue weighted by Crippen LogP contribution is 2.43. The molecule has 3 nitrogen and oxygen atoms in total. The Morgan fingerprint density at radius 3 is 2.15 bits per heavy atom. The van der Waals surface area contributed by atoms with Gasteiger partial charge in [-0.1, -0.05) is 54.4 Å². The van der Waals surface area contributed by atoms with E-state index in [1.165, 1.54) is 0 Å². The van der Waals surface area contributed by atoms with E-state index in [-0.39, 0.29) is 18.1 Å². The van der Waals surface area contributed by atoms with E-state index >= 15 is 0 Å². The highest BCUT2D eigenvalue weighted by Gasteiger charge is 2.49. The number of aliphatic hydroxyl groups is 2. The number of halogens is 2. The topological polar surface area (TPSA) is 49.7 Å². The molecule has 138 valence electrons. The zero-order valence-electron chi connectivity index (χ0n) is 14.5. The van der Waals surface area contributed by atoms with Crippen molar-refractivity contribution in [3.63, 3.8) is 0 Å². The van der Waals surface area contributed by atoms with Crippen LogP contribution in [0.25, 0.3) is 11.1 Å². The average molecular weight is 393 g/mol. The van der Waals surface area contributed by atoms with Gasteiger partial charge in [0.2, 0.25) is 0 Å². The maximum absolute atomic E-state index is 10.8. The zero-order valence-corrected chi connectivity index (χ0v) is 16.0. The third kappa shape index (κ3) is 3.06. The Kier molecular flexibility index (Phi) is 5.02. The molecule has 2 N–H and O–H groups in total. The van der Waals surface area contributed by atoms with E-state index in [9.17, 15) is 10.2 Å². The van der Waals surface area contributed by atoms with Gasteiger partial charge in [0.05, 0.1) is 34.5 Å². The van der Waals surface area contributed by atoms with Gasteiger partial charge in [-0.25, -0.2) is 0 Å². The summed E-state index contributed by atoms with van der Waals surface area (Å²) in [4.78, 5) is 0. The lowest BCUT2D eigenvalue weighted by molar-refractivity contribution is -0.146. The van der Waals surface area contributed by atoms with Crippen molar-refractivity contribution in [2.45, 2.75) is 56.5 Å². The fourth-order valence-electron chi connectivity index (χ4n) is 4.31. The molecule has 0 spiro atoms. The Labute approximate surface area is 163 Å². The minimum atomic E-state index is -0.696. The van der Waals surface area contributed by atoms with Crippen LogP contribution in [0.2, 0.25) is 10.0 Å². The average Bonchev–Trinajstić information content (AvgIpc) is 3.10. The molecule has 2 aromatic rings. The molecular weight excluding hydrogens is 371 g/mol. The van der Waals surface area contributed by atoms with Crippen LogP contribution < -0.4 is 0 Å². The van der Waals surface area contributed by atoms with Crippen LogP contribution in [0, 0.1) is 0 Å². The molecule has 0 aromatic heterocycles. The molecule has 2 aliphatic rings. The van der Waals surface area contributed by atoms with Crippen LogP contribution in [-0.2, 0) is 11.2 Å². The number of aryl methyl sites for hydroxylation is 1. The van der Waals surface area contributed by atoms with Gasteiger partial charge in [0.15, 0.2) is 0 Å². The lowest BCUT2D eigenvalue weighted by atomic mass is 9.80. The molecule has 0 aliphatic carbocycles. The zero-order chi connectivity index (χ0) is 18.4. The Morgan fingerprint density at radius 1 is 0.923 bits per heavy atom. The Balaban J connectivity index is 1.78. The van der Waals surface area contributed by atoms with Crippen molar-refractivity contribution in [1.29, 1.82) is 0 Å². The van der Waals surface area contributed by atoms with Gasteiger partial charge in [-0.15, -0.1) is 0 Å². The second-order valence-electron chi connectivity index (χ2n) is 7.19. The van der Waals surface area contributed by atoms with Crippen LogP contribution in [0.5, 0.6) is 0 Å². The molecule has 4 atom stereocenters. The monoisotopic (exact) mass is 392 g/mol. The van der Waals surface area contributed by atoms with Gasteiger partial charge in [-0.05, 0) is 53.6 Å². The maximum Gasteiger partial charge on any atom is 0.0896 e. The van der Waals surface area contributed by atoms with Crippen LogP contribution in [-0.4, -0.2) is 34.6 Å². The first kappa shape index (κ1) is 18.3. The van der Waals surface area contributed by atoms with Gasteiger partial charge >= 0.3 is 0 Å². The number of hydrogen-bond acceptors (Lipinski definition) is 3. The molecule has 2 heterocycles. The summed E-state index contributed by atoms with van der Waals surface area (Å²) in [6.45, 7) is 2.09. The lowest BCUT2D eigenvalue weighted by Gasteiger charge is -2.39. The van der Waals surface area contributed by atoms with E-state index in [1.54, 1.807) is 6.07 Å². The van der Waals surface area contributed by atoms with Crippen molar-refractivity contribution < 1.29 is 14.9 Å². The fraction of sp³-hybridized carbons (Fsp3) is 0.429. The van der Waals surface area contributed by atoms with E-state index in [1.807, 2.05) is 12.1 Å². The van der Waals surface area contributed by atoms with Crippen molar-refractivity contribution in [2.75, 3.05) is 0 Å². The van der Waals surface area contributed by atoms with Gasteiger partial charge in [-0.3, -0.25) is 0 Å². The predicted molar refractivity (Wildman–Crippen MR) is 104 cm³/mol. The van der Waals surface area contributed by atoms with Crippen molar-refractivity contribution >= 4 is 23.2 Å². The van der Waals surface area contributed by atoms with Gasteiger partial charge < -0.3 is 14.9 Å². The quantitative estimate of drug-likeness (QED) is 0.802. The molecule has 2 aromatic carbocycles. The van der Waals surface area contributed by atoms with Crippen LogP contribution in [0.3, 0.4) is 0 Å². The molecule has 2 bridgehead atoms. The SMILES string of the molecule is CCc1ccc(-c2ccc(Cl)c(Cl)c2)cc1C1C(O)C2CCC(O2)C1O. The van der Waals surface area contributed by atoms with Crippen LogP contribution in [0.15, 0.2) is 36.4 Å². The summed E-state index contributed by atoms with van der Waals surface area (Å²) < 4.78 is 5.76. The Hall–Kier alpha value is -1.10. The maximum atomic E-state index is 10.8. The first-order valence-electron chi connectivity index (χ1n) is 9.09. The third-order valence-corrected chi connectivity index (χ3v) is 6.46. The van der Waals surface area contributed by atoms with Gasteiger partial charge in [-0.2, -0.15) is 0 Å². The van der Waals surface area contributed by atoms with E-state index in [4.69, 9.17) is 27.9 Å². The highest BCUT2D eigenvalue weighted by molar-refractivity contribution is 6.42. The van der Waals surface area contributed by atoms with Crippen molar-refractivity contribution in [2.24, 2.45) is 0 Å². The molecule has 0 amide bonds. The number of benzene rings is 2. The number of hydrogen-bond donors (Lipinski definition) is 2. The van der Waals surface area contributed by atoms with E-state index in [0.717, 1.165) is 41.5 Å². The fourth-order valence-corrected chi connectivity index (χ4v) is 4.60. The summed E-state index contributed by atoms with van der Waals surface area (Å²) in [6, 6.07) is 11.7. The summed E-state index contributed by atoms with van der Waals surface area (Å²) in [7, 11) is 0. The molecule has 5 heteroatoms. The molecule has 2 saturated heterocycles. The van der Waals surface area contributed by atoms with Gasteiger partial charge in [0, 0.05) is 5.92 Å². The van der Waals surface area contributed by atoms with E-state index < -0.39 is 12.2 Å². The molecule has 4 rings (SSSR count). The van der Waals surface area contributed by atoms with Gasteiger partial charge in [0.25, 0.3) is 0 Å². The number of fused-ring (bicyclic) bond motifs is 2. The Bertz CT molecular complexity index is 807. The minimum absolute atomic E-state index is 0.188. The molecule has 0 saturated carbocycles. The van der Waals surface area contributed by atoms with Crippen molar-refractivity contribution in [3.05, 3.63) is 57.6 Å². The third-order valence-electron chi connectivity index (χ3n) is 5.72. The summed E-state index contributed by atoms with van der Waals surface area (Å²) >= 11 is 12.2. The number of rotatable bonds is 3. The Morgan fingerprint density at radius 2 is 1.54 bits per heavy atom. The number of aliphatic hydroxyl groups excluding tert-OH is 2. The number of ether oxygens (including phenoxy) is 1. The molecule has 4 unspecified atom stereocenters. The van der Waals surface area contributed by atoms with Crippen LogP contribution >= 0.6 is 23.2 Å². The van der Waals surface area contributed by atoms with Crippen molar-refractivity contribution in [1.82, 2.24) is 0 Å². The largest absolute Gasteiger partial charge is 0.390 e. The van der Waals surface area contributed by atoms with Gasteiger partial charge in [0.1, 0.15) is 0 Å². The summed E-state index contributed by atoms with van der Waals surface area (Å²) in [5.74, 6) is -0.334. The first-order chi connectivity index (χ1) is 12.5.